The van der Waals surface area contributed by atoms with E-state index in [1.165, 1.54) is 0 Å². The molecule has 27 heavy (non-hydrogen) atoms. The zero-order valence-electron chi connectivity index (χ0n) is 14.9. The minimum atomic E-state index is -0.582. The van der Waals surface area contributed by atoms with E-state index in [0.29, 0.717) is 17.2 Å². The first-order chi connectivity index (χ1) is 13.2. The Morgan fingerprint density at radius 2 is 1.67 bits per heavy atom. The van der Waals surface area contributed by atoms with E-state index in [4.69, 9.17) is 16.3 Å². The summed E-state index contributed by atoms with van der Waals surface area (Å²) in [6, 6.07) is 24.8. The maximum atomic E-state index is 12.7. The predicted molar refractivity (Wildman–Crippen MR) is 112 cm³/mol. The van der Waals surface area contributed by atoms with Crippen LogP contribution in [0.3, 0.4) is 0 Å². The van der Waals surface area contributed by atoms with Crippen molar-refractivity contribution in [3.63, 3.8) is 0 Å². The van der Waals surface area contributed by atoms with E-state index >= 15 is 0 Å². The zero-order valence-corrected chi connectivity index (χ0v) is 16.5. The zero-order chi connectivity index (χ0) is 19.1. The fourth-order valence-electron chi connectivity index (χ4n) is 2.49. The molecular formula is C22H20ClNO2S. The monoisotopic (exact) mass is 397 g/mol. The van der Waals surface area contributed by atoms with Gasteiger partial charge < -0.3 is 10.1 Å². The van der Waals surface area contributed by atoms with Gasteiger partial charge in [0.05, 0.1) is 5.69 Å². The van der Waals surface area contributed by atoms with E-state index in [1.807, 2.05) is 61.5 Å². The quantitative estimate of drug-likeness (QED) is 0.509. The fraction of sp³-hybridized carbons (Fsp3) is 0.136. The molecule has 0 aliphatic rings. The van der Waals surface area contributed by atoms with Crippen molar-refractivity contribution >= 4 is 35.0 Å². The Balaban J connectivity index is 1.71. The molecular weight excluding hydrogens is 378 g/mol. The molecule has 0 aromatic heterocycles. The minimum Gasteiger partial charge on any atom is -0.481 e. The molecule has 0 saturated carbocycles. The molecule has 1 atom stereocenters. The van der Waals surface area contributed by atoms with E-state index < -0.39 is 6.10 Å². The third kappa shape index (κ3) is 5.52. The van der Waals surface area contributed by atoms with E-state index in [2.05, 4.69) is 5.32 Å². The second kappa shape index (κ2) is 9.49. The third-order valence-corrected chi connectivity index (χ3v) is 5.21. The lowest BCUT2D eigenvalue weighted by Crippen LogP contribution is -2.32. The molecule has 138 valence electrons. The average molecular weight is 398 g/mol. The van der Waals surface area contributed by atoms with Gasteiger partial charge in [0.2, 0.25) is 0 Å². The van der Waals surface area contributed by atoms with Crippen LogP contribution in [-0.4, -0.2) is 12.0 Å². The number of nitrogens with one attached hydrogen (secondary N) is 1. The summed E-state index contributed by atoms with van der Waals surface area (Å²) in [7, 11) is 0. The van der Waals surface area contributed by atoms with Crippen molar-refractivity contribution in [3.8, 4) is 5.75 Å². The second-order valence-electron chi connectivity index (χ2n) is 5.87. The lowest BCUT2D eigenvalue weighted by atomic mass is 10.2. The third-order valence-electron chi connectivity index (χ3n) is 3.87. The lowest BCUT2D eigenvalue weighted by Gasteiger charge is -2.18. The van der Waals surface area contributed by atoms with Gasteiger partial charge in [-0.15, -0.1) is 0 Å². The van der Waals surface area contributed by atoms with Crippen molar-refractivity contribution < 1.29 is 9.53 Å². The van der Waals surface area contributed by atoms with Crippen molar-refractivity contribution in [2.24, 2.45) is 0 Å². The van der Waals surface area contributed by atoms with Crippen molar-refractivity contribution in [2.75, 3.05) is 5.32 Å². The SMILES string of the molecule is CC[C@H](Oc1ccc(Cl)cc1)C(=O)Nc1ccccc1Sc1ccccc1. The van der Waals surface area contributed by atoms with Gasteiger partial charge in [0, 0.05) is 14.8 Å². The summed E-state index contributed by atoms with van der Waals surface area (Å²) in [6.45, 7) is 1.92. The Morgan fingerprint density at radius 1 is 1.00 bits per heavy atom. The molecule has 0 aliphatic heterocycles. The number of benzene rings is 3. The average Bonchev–Trinajstić information content (AvgIpc) is 2.70. The molecule has 0 saturated heterocycles. The Morgan fingerprint density at radius 3 is 2.37 bits per heavy atom. The number of halogens is 1. The molecule has 0 radical (unpaired) electrons. The van der Waals surface area contributed by atoms with Crippen LogP contribution in [0.4, 0.5) is 5.69 Å². The predicted octanol–water partition coefficient (Wildman–Crippen LogP) is 6.29. The molecule has 0 unspecified atom stereocenters. The Hall–Kier alpha value is -2.43. The van der Waals surface area contributed by atoms with Crippen LogP contribution in [0, 0.1) is 0 Å². The molecule has 1 amide bonds. The molecule has 1 N–H and O–H groups in total. The summed E-state index contributed by atoms with van der Waals surface area (Å²) < 4.78 is 5.83. The highest BCUT2D eigenvalue weighted by Crippen LogP contribution is 2.33. The first-order valence-corrected chi connectivity index (χ1v) is 9.90. The molecule has 3 aromatic carbocycles. The highest BCUT2D eigenvalue weighted by Gasteiger charge is 2.19. The Bertz CT molecular complexity index is 884. The molecule has 0 heterocycles. The summed E-state index contributed by atoms with van der Waals surface area (Å²) in [6.07, 6.45) is -0.0245. The van der Waals surface area contributed by atoms with Gasteiger partial charge in [0.25, 0.3) is 5.91 Å². The summed E-state index contributed by atoms with van der Waals surface area (Å²) in [4.78, 5) is 14.8. The van der Waals surface area contributed by atoms with Crippen LogP contribution in [0.1, 0.15) is 13.3 Å². The number of hydrogen-bond donors (Lipinski definition) is 1. The van der Waals surface area contributed by atoms with Crippen LogP contribution in [-0.2, 0) is 4.79 Å². The van der Waals surface area contributed by atoms with Crippen LogP contribution < -0.4 is 10.1 Å². The van der Waals surface area contributed by atoms with Crippen LogP contribution in [0.25, 0.3) is 0 Å². The van der Waals surface area contributed by atoms with Crippen LogP contribution in [0.2, 0.25) is 5.02 Å². The smallest absolute Gasteiger partial charge is 0.265 e. The molecule has 0 fully saturated rings. The summed E-state index contributed by atoms with van der Waals surface area (Å²) in [5.74, 6) is 0.446. The molecule has 3 aromatic rings. The first-order valence-electron chi connectivity index (χ1n) is 8.70. The van der Waals surface area contributed by atoms with Gasteiger partial charge in [-0.1, -0.05) is 60.6 Å². The lowest BCUT2D eigenvalue weighted by molar-refractivity contribution is -0.122. The number of para-hydroxylation sites is 1. The van der Waals surface area contributed by atoms with Gasteiger partial charge >= 0.3 is 0 Å². The summed E-state index contributed by atoms with van der Waals surface area (Å²) in [5, 5.41) is 3.63. The van der Waals surface area contributed by atoms with Gasteiger partial charge in [0.1, 0.15) is 5.75 Å². The standard InChI is InChI=1S/C22H20ClNO2S/c1-2-20(26-17-14-12-16(23)13-15-17)22(25)24-19-10-6-7-11-21(19)27-18-8-4-3-5-9-18/h3-15,20H,2H2,1H3,(H,24,25)/t20-/m0/s1. The van der Waals surface area contributed by atoms with Crippen LogP contribution in [0.5, 0.6) is 5.75 Å². The Labute approximate surface area is 168 Å². The molecule has 5 heteroatoms. The fourth-order valence-corrected chi connectivity index (χ4v) is 3.54. The van der Waals surface area contributed by atoms with Crippen molar-refractivity contribution in [2.45, 2.75) is 29.2 Å². The maximum Gasteiger partial charge on any atom is 0.265 e. The molecule has 3 nitrogen and oxygen atoms in total. The minimum absolute atomic E-state index is 0.173. The van der Waals surface area contributed by atoms with Gasteiger partial charge in [0.15, 0.2) is 6.10 Å². The number of amides is 1. The summed E-state index contributed by atoms with van der Waals surface area (Å²) >= 11 is 7.51. The highest BCUT2D eigenvalue weighted by molar-refractivity contribution is 7.99. The molecule has 3 rings (SSSR count). The van der Waals surface area contributed by atoms with Crippen molar-refractivity contribution in [3.05, 3.63) is 83.9 Å². The van der Waals surface area contributed by atoms with Crippen molar-refractivity contribution in [1.29, 1.82) is 0 Å². The topological polar surface area (TPSA) is 38.3 Å². The van der Waals surface area contributed by atoms with Gasteiger partial charge in [-0.3, -0.25) is 4.79 Å². The second-order valence-corrected chi connectivity index (χ2v) is 7.42. The van der Waals surface area contributed by atoms with E-state index in [-0.39, 0.29) is 5.91 Å². The van der Waals surface area contributed by atoms with Crippen LogP contribution in [0.15, 0.2) is 88.7 Å². The molecule has 0 spiro atoms. The normalized spacial score (nSPS) is 11.6. The highest BCUT2D eigenvalue weighted by atomic mass is 35.5. The van der Waals surface area contributed by atoms with Gasteiger partial charge in [-0.25, -0.2) is 0 Å². The Kier molecular flexibility index (Phi) is 6.80. The van der Waals surface area contributed by atoms with E-state index in [9.17, 15) is 4.79 Å². The number of anilines is 1. The number of rotatable bonds is 7. The number of ether oxygens (including phenoxy) is 1. The van der Waals surface area contributed by atoms with Gasteiger partial charge in [-0.2, -0.15) is 0 Å². The number of carbonyl (C=O) groups excluding carboxylic acids is 1. The summed E-state index contributed by atoms with van der Waals surface area (Å²) in [5.41, 5.74) is 0.773. The van der Waals surface area contributed by atoms with Crippen molar-refractivity contribution in [1.82, 2.24) is 0 Å². The van der Waals surface area contributed by atoms with Gasteiger partial charge in [-0.05, 0) is 55.0 Å². The molecule has 0 bridgehead atoms. The molecule has 0 aliphatic carbocycles. The number of carbonyl (C=O) groups is 1. The van der Waals surface area contributed by atoms with E-state index in [1.54, 1.807) is 36.0 Å². The maximum absolute atomic E-state index is 12.7. The number of hydrogen-bond acceptors (Lipinski definition) is 3. The largest absolute Gasteiger partial charge is 0.481 e. The van der Waals surface area contributed by atoms with Crippen LogP contribution >= 0.6 is 23.4 Å². The van der Waals surface area contributed by atoms with E-state index in [0.717, 1.165) is 15.5 Å². The first kappa shape index (κ1) is 19.3.